The van der Waals surface area contributed by atoms with Crippen molar-refractivity contribution in [2.75, 3.05) is 30.5 Å². The summed E-state index contributed by atoms with van der Waals surface area (Å²) in [4.78, 5) is 23.2. The van der Waals surface area contributed by atoms with Gasteiger partial charge in [-0.3, -0.25) is 10.1 Å². The van der Waals surface area contributed by atoms with E-state index in [1.165, 1.54) is 0 Å². The van der Waals surface area contributed by atoms with Gasteiger partial charge in [-0.25, -0.2) is 13.2 Å². The molecule has 0 radical (unpaired) electrons. The molecule has 0 aromatic heterocycles. The molecule has 0 saturated heterocycles. The molecule has 1 rings (SSSR count). The predicted octanol–water partition coefficient (Wildman–Crippen LogP) is 1.96. The number of carbonyl (C=O) groups is 2. The molecule has 0 aliphatic heterocycles. The van der Waals surface area contributed by atoms with Gasteiger partial charge >= 0.3 is 6.09 Å². The minimum Gasteiger partial charge on any atom is -0.492 e. The highest BCUT2D eigenvalue weighted by Crippen LogP contribution is 2.18. The van der Waals surface area contributed by atoms with E-state index in [1.54, 1.807) is 45.0 Å². The van der Waals surface area contributed by atoms with E-state index < -0.39 is 21.5 Å². The van der Waals surface area contributed by atoms with Crippen LogP contribution >= 0.6 is 0 Å². The van der Waals surface area contributed by atoms with E-state index in [4.69, 9.17) is 9.47 Å². The van der Waals surface area contributed by atoms with Gasteiger partial charge < -0.3 is 14.8 Å². The van der Waals surface area contributed by atoms with Crippen molar-refractivity contribution in [2.24, 2.45) is 0 Å². The number of benzene rings is 1. The van der Waals surface area contributed by atoms with Crippen LogP contribution in [0.25, 0.3) is 0 Å². The van der Waals surface area contributed by atoms with Crippen LogP contribution in [0.15, 0.2) is 24.3 Å². The summed E-state index contributed by atoms with van der Waals surface area (Å²) in [6.07, 6.45) is 0.448. The van der Waals surface area contributed by atoms with Crippen LogP contribution in [0.1, 0.15) is 27.2 Å². The van der Waals surface area contributed by atoms with Gasteiger partial charge in [0, 0.05) is 24.4 Å². The van der Waals surface area contributed by atoms with Crippen LogP contribution in [0.3, 0.4) is 0 Å². The number of amides is 2. The van der Waals surface area contributed by atoms with E-state index in [1.807, 2.05) is 0 Å². The summed E-state index contributed by atoms with van der Waals surface area (Å²) < 4.78 is 32.7. The fourth-order valence-corrected chi connectivity index (χ4v) is 2.37. The quantitative estimate of drug-likeness (QED) is 0.661. The summed E-state index contributed by atoms with van der Waals surface area (Å²) in [6.45, 7) is 5.77. The van der Waals surface area contributed by atoms with E-state index in [0.29, 0.717) is 11.4 Å². The van der Waals surface area contributed by atoms with Gasteiger partial charge in [-0.15, -0.1) is 0 Å². The third-order valence-electron chi connectivity index (χ3n) is 2.87. The molecule has 1 aromatic carbocycles. The fraction of sp³-hybridized carbons (Fsp3) is 0.529. The molecule has 146 valence electrons. The Hall–Kier alpha value is -2.29. The molecular formula is C17H26N2O6S. The minimum atomic E-state index is -3.16. The van der Waals surface area contributed by atoms with Crippen LogP contribution in [0.5, 0.6) is 5.75 Å². The highest BCUT2D eigenvalue weighted by Gasteiger charge is 2.16. The number of ether oxygens (including phenoxy) is 2. The molecule has 2 amide bonds. The average molecular weight is 386 g/mol. The van der Waals surface area contributed by atoms with Crippen LogP contribution in [0, 0.1) is 0 Å². The Balaban J connectivity index is 2.38. The first kappa shape index (κ1) is 21.8. The van der Waals surface area contributed by atoms with Crippen LogP contribution < -0.4 is 15.4 Å². The van der Waals surface area contributed by atoms with Gasteiger partial charge in [0.05, 0.1) is 12.3 Å². The normalized spacial score (nSPS) is 11.5. The van der Waals surface area contributed by atoms with Crippen LogP contribution in [-0.4, -0.2) is 51.2 Å². The number of sulfone groups is 1. The molecule has 0 fully saturated rings. The smallest absolute Gasteiger partial charge is 0.412 e. The first-order valence-corrected chi connectivity index (χ1v) is 10.2. The summed E-state index contributed by atoms with van der Waals surface area (Å²) in [5.41, 5.74) is -0.0676. The molecule has 2 N–H and O–H groups in total. The van der Waals surface area contributed by atoms with E-state index in [2.05, 4.69) is 10.6 Å². The van der Waals surface area contributed by atoms with Crippen molar-refractivity contribution in [3.8, 4) is 5.75 Å². The maximum atomic E-state index is 11.7. The molecule has 0 saturated carbocycles. The maximum absolute atomic E-state index is 11.7. The summed E-state index contributed by atoms with van der Waals surface area (Å²) in [7, 11) is -3.16. The summed E-state index contributed by atoms with van der Waals surface area (Å²) in [6, 6.07) is 6.76. The van der Waals surface area contributed by atoms with Crippen LogP contribution in [0.4, 0.5) is 10.5 Å². The Morgan fingerprint density at radius 2 is 1.88 bits per heavy atom. The monoisotopic (exact) mass is 386 g/mol. The zero-order valence-corrected chi connectivity index (χ0v) is 16.3. The molecule has 0 aliphatic rings. The van der Waals surface area contributed by atoms with Crippen LogP contribution in [0.2, 0.25) is 0 Å². The van der Waals surface area contributed by atoms with Crippen LogP contribution in [-0.2, 0) is 19.4 Å². The second kappa shape index (κ2) is 9.42. The largest absolute Gasteiger partial charge is 0.492 e. The first-order valence-electron chi connectivity index (χ1n) is 8.12. The second-order valence-electron chi connectivity index (χ2n) is 6.73. The topological polar surface area (TPSA) is 111 Å². The summed E-state index contributed by atoms with van der Waals surface area (Å²) in [5.74, 6) is -0.0127. The molecule has 0 atom stereocenters. The van der Waals surface area contributed by atoms with Crippen molar-refractivity contribution < 1.29 is 27.5 Å². The van der Waals surface area contributed by atoms with E-state index in [9.17, 15) is 18.0 Å². The average Bonchev–Trinajstić information content (AvgIpc) is 2.47. The van der Waals surface area contributed by atoms with Gasteiger partial charge in [-0.05, 0) is 32.9 Å². The molecule has 0 heterocycles. The Bertz CT molecular complexity index is 725. The maximum Gasteiger partial charge on any atom is 0.412 e. The zero-order valence-electron chi connectivity index (χ0n) is 15.5. The Labute approximate surface area is 154 Å². The van der Waals surface area contributed by atoms with Gasteiger partial charge in [0.2, 0.25) is 5.91 Å². The van der Waals surface area contributed by atoms with Crippen molar-refractivity contribution >= 4 is 27.5 Å². The first-order chi connectivity index (χ1) is 11.9. The lowest BCUT2D eigenvalue weighted by Crippen LogP contribution is -2.29. The van der Waals surface area contributed by atoms with Gasteiger partial charge in [-0.2, -0.15) is 0 Å². The lowest BCUT2D eigenvalue weighted by Gasteiger charge is -2.19. The molecule has 0 bridgehead atoms. The van der Waals surface area contributed by atoms with Crippen molar-refractivity contribution in [3.63, 3.8) is 0 Å². The second-order valence-corrected chi connectivity index (χ2v) is 8.99. The van der Waals surface area contributed by atoms with Crippen molar-refractivity contribution in [3.05, 3.63) is 24.3 Å². The molecule has 9 heteroatoms. The van der Waals surface area contributed by atoms with Crippen molar-refractivity contribution in [1.82, 2.24) is 5.32 Å². The fourth-order valence-electron chi connectivity index (χ4n) is 1.81. The van der Waals surface area contributed by atoms with Gasteiger partial charge in [0.15, 0.2) is 0 Å². The molecule has 26 heavy (non-hydrogen) atoms. The number of hydrogen-bond acceptors (Lipinski definition) is 6. The van der Waals surface area contributed by atoms with E-state index in [0.717, 1.165) is 6.26 Å². The molecule has 0 aliphatic carbocycles. The Morgan fingerprint density at radius 1 is 1.19 bits per heavy atom. The number of hydrogen-bond donors (Lipinski definition) is 2. The zero-order chi connectivity index (χ0) is 19.8. The van der Waals surface area contributed by atoms with Gasteiger partial charge in [0.1, 0.15) is 27.8 Å². The SMILES string of the molecule is CC(C)(C)OC(=O)Nc1cccc(OCCNC(=O)CCS(C)(=O)=O)c1. The molecular weight excluding hydrogens is 360 g/mol. The Morgan fingerprint density at radius 3 is 2.50 bits per heavy atom. The lowest BCUT2D eigenvalue weighted by atomic mass is 10.2. The lowest BCUT2D eigenvalue weighted by molar-refractivity contribution is -0.120. The van der Waals surface area contributed by atoms with Crippen molar-refractivity contribution in [2.45, 2.75) is 32.8 Å². The Kier molecular flexibility index (Phi) is 7.88. The number of rotatable bonds is 8. The molecule has 0 unspecified atom stereocenters. The van der Waals surface area contributed by atoms with E-state index in [-0.39, 0.29) is 31.2 Å². The number of anilines is 1. The molecule has 0 spiro atoms. The third kappa shape index (κ3) is 10.5. The standard InChI is InChI=1S/C17H26N2O6S/c1-17(2,3)25-16(21)19-13-6-5-7-14(12-13)24-10-9-18-15(20)8-11-26(4,22)23/h5-7,12H,8-11H2,1-4H3,(H,18,20)(H,19,21). The minimum absolute atomic E-state index is 0.0753. The molecule has 1 aromatic rings. The highest BCUT2D eigenvalue weighted by atomic mass is 32.2. The highest BCUT2D eigenvalue weighted by molar-refractivity contribution is 7.90. The third-order valence-corrected chi connectivity index (χ3v) is 3.82. The summed E-state index contributed by atoms with van der Waals surface area (Å²) in [5, 5.41) is 5.19. The molecule has 8 nitrogen and oxygen atoms in total. The van der Waals surface area contributed by atoms with Gasteiger partial charge in [0.25, 0.3) is 0 Å². The van der Waals surface area contributed by atoms with E-state index >= 15 is 0 Å². The summed E-state index contributed by atoms with van der Waals surface area (Å²) >= 11 is 0. The number of carbonyl (C=O) groups excluding carboxylic acids is 2. The number of nitrogens with one attached hydrogen (secondary N) is 2. The predicted molar refractivity (Wildman–Crippen MR) is 99.1 cm³/mol. The van der Waals surface area contributed by atoms with Gasteiger partial charge in [-0.1, -0.05) is 6.07 Å². The van der Waals surface area contributed by atoms with Crippen molar-refractivity contribution in [1.29, 1.82) is 0 Å².